The second-order valence-corrected chi connectivity index (χ2v) is 6.42. The molecule has 0 amide bonds. The van der Waals surface area contributed by atoms with Gasteiger partial charge in [0.25, 0.3) is 0 Å². The first kappa shape index (κ1) is 15.4. The van der Waals surface area contributed by atoms with Gasteiger partial charge in [-0.1, -0.05) is 27.7 Å². The van der Waals surface area contributed by atoms with Gasteiger partial charge in [-0.05, 0) is 11.8 Å². The summed E-state index contributed by atoms with van der Waals surface area (Å²) in [6.45, 7) is 7.90. The Labute approximate surface area is 94.7 Å². The first-order valence-corrected chi connectivity index (χ1v) is 6.17. The summed E-state index contributed by atoms with van der Waals surface area (Å²) < 4.78 is 11.4. The molecule has 0 aliphatic rings. The smallest absolute Gasteiger partial charge is 1.00 e. The maximum Gasteiger partial charge on any atom is 2.00 e. The van der Waals surface area contributed by atoms with Gasteiger partial charge in [-0.2, -0.15) is 0 Å². The van der Waals surface area contributed by atoms with Crippen LogP contribution >= 0.6 is 7.37 Å². The van der Waals surface area contributed by atoms with E-state index in [1.54, 1.807) is 0 Å². The first-order chi connectivity index (χ1) is 4.83. The summed E-state index contributed by atoms with van der Waals surface area (Å²) in [5, 5.41) is 0. The summed E-state index contributed by atoms with van der Waals surface area (Å²) >= 11 is 0. The van der Waals surface area contributed by atoms with Crippen molar-refractivity contribution in [3.63, 3.8) is 0 Å². The molecule has 2 nitrogen and oxygen atoms in total. The van der Waals surface area contributed by atoms with Crippen LogP contribution in [0, 0.1) is 11.8 Å². The van der Waals surface area contributed by atoms with Crippen molar-refractivity contribution in [2.75, 3.05) is 12.3 Å². The molecule has 4 heteroatoms. The molecule has 0 aliphatic carbocycles. The zero-order chi connectivity index (χ0) is 9.07. The van der Waals surface area contributed by atoms with Crippen LogP contribution in [-0.2, 0) is 4.57 Å². The fourth-order valence-corrected chi connectivity index (χ4v) is 3.65. The molecule has 0 saturated heterocycles. The predicted octanol–water partition coefficient (Wildman–Crippen LogP) is 2.41. The van der Waals surface area contributed by atoms with Gasteiger partial charge in [-0.25, -0.2) is 0 Å². The molecule has 0 saturated carbocycles. The van der Waals surface area contributed by atoms with Crippen LogP contribution in [0.5, 0.6) is 0 Å². The average molecular weight is 205 g/mol. The Bertz CT molecular complexity index is 151. The van der Waals surface area contributed by atoms with E-state index in [9.17, 15) is 9.46 Å². The molecule has 0 heterocycles. The van der Waals surface area contributed by atoms with Crippen LogP contribution in [0.25, 0.3) is 0 Å². The summed E-state index contributed by atoms with van der Waals surface area (Å²) in [4.78, 5) is 9.41. The van der Waals surface area contributed by atoms with Crippen molar-refractivity contribution in [2.45, 2.75) is 27.7 Å². The van der Waals surface area contributed by atoms with Crippen molar-refractivity contribution in [3.8, 4) is 0 Å². The maximum atomic E-state index is 11.4. The molecule has 0 unspecified atom stereocenters. The summed E-state index contributed by atoms with van der Waals surface area (Å²) in [5.41, 5.74) is 0. The van der Waals surface area contributed by atoms with E-state index >= 15 is 0 Å². The predicted molar refractivity (Wildman–Crippen MR) is 57.2 cm³/mol. The number of rotatable bonds is 4. The Hall–Kier alpha value is 0.956. The summed E-state index contributed by atoms with van der Waals surface area (Å²) in [7, 11) is -2.80. The van der Waals surface area contributed by atoms with Crippen LogP contribution in [0.3, 0.4) is 0 Å². The van der Waals surface area contributed by atoms with Gasteiger partial charge in [0, 0.05) is 12.3 Å². The second-order valence-electron chi connectivity index (χ2n) is 4.00. The molecule has 0 rings (SSSR count). The monoisotopic (exact) mass is 204 g/mol. The van der Waals surface area contributed by atoms with Gasteiger partial charge >= 0.3 is 23.1 Å². The van der Waals surface area contributed by atoms with Crippen molar-refractivity contribution < 1.29 is 12.3 Å². The third-order valence-corrected chi connectivity index (χ3v) is 3.90. The van der Waals surface area contributed by atoms with E-state index in [0.717, 1.165) is 0 Å². The Morgan fingerprint density at radius 3 is 1.58 bits per heavy atom. The van der Waals surface area contributed by atoms with Crippen molar-refractivity contribution >= 4 is 30.4 Å². The van der Waals surface area contributed by atoms with E-state index in [1.165, 1.54) is 0 Å². The van der Waals surface area contributed by atoms with Crippen molar-refractivity contribution in [1.82, 2.24) is 0 Å². The van der Waals surface area contributed by atoms with Gasteiger partial charge in [-0.3, -0.25) is 4.57 Å². The van der Waals surface area contributed by atoms with E-state index in [0.29, 0.717) is 24.2 Å². The summed E-state index contributed by atoms with van der Waals surface area (Å²) in [6.07, 6.45) is 0.927. The standard InChI is InChI=1S/C8H19O2P.Mg.2H/c1-7(2)5-11(9,10)6-8(3)4;;;/h7-8H,5-6H2,1-4H3,(H,9,10);;;/q;+2;2*-1. The van der Waals surface area contributed by atoms with Gasteiger partial charge in [0.2, 0.25) is 7.37 Å². The van der Waals surface area contributed by atoms with Crippen LogP contribution in [-0.4, -0.2) is 40.3 Å². The molecule has 1 N–H and O–H groups in total. The van der Waals surface area contributed by atoms with E-state index in [1.807, 2.05) is 27.7 Å². The fourth-order valence-electron chi connectivity index (χ4n) is 1.22. The minimum atomic E-state index is -2.80. The molecule has 0 aliphatic heterocycles. The fraction of sp³-hybridized carbons (Fsp3) is 1.00. The van der Waals surface area contributed by atoms with Crippen LogP contribution in [0.4, 0.5) is 0 Å². The zero-order valence-corrected chi connectivity index (χ0v) is 10.9. The zero-order valence-electron chi connectivity index (χ0n) is 10.6. The molecule has 0 aromatic carbocycles. The van der Waals surface area contributed by atoms with Gasteiger partial charge in [0.1, 0.15) is 0 Å². The van der Waals surface area contributed by atoms with Crippen LogP contribution < -0.4 is 0 Å². The molecule has 0 aromatic heterocycles. The quantitative estimate of drug-likeness (QED) is 0.564. The van der Waals surface area contributed by atoms with E-state index < -0.39 is 7.37 Å². The molecule has 0 bridgehead atoms. The van der Waals surface area contributed by atoms with Crippen LogP contribution in [0.2, 0.25) is 0 Å². The minimum Gasteiger partial charge on any atom is -1.00 e. The average Bonchev–Trinajstić information content (AvgIpc) is 1.53. The SMILES string of the molecule is CC(C)CP(=O)(O)CC(C)C.[H-].[H-].[Mg+2]. The molecule has 0 aromatic rings. The molecule has 12 heavy (non-hydrogen) atoms. The molecule has 0 spiro atoms. The first-order valence-electron chi connectivity index (χ1n) is 4.14. The van der Waals surface area contributed by atoms with Gasteiger partial charge in [0.05, 0.1) is 0 Å². The third-order valence-electron chi connectivity index (χ3n) is 1.30. The van der Waals surface area contributed by atoms with Crippen molar-refractivity contribution in [2.24, 2.45) is 11.8 Å². The molecule has 0 radical (unpaired) electrons. The molecular formula is C8H21MgO2P. The van der Waals surface area contributed by atoms with Crippen LogP contribution in [0.15, 0.2) is 0 Å². The number of hydrogen-bond acceptors (Lipinski definition) is 1. The Morgan fingerprint density at radius 2 is 1.42 bits per heavy atom. The van der Waals surface area contributed by atoms with Crippen molar-refractivity contribution in [1.29, 1.82) is 0 Å². The van der Waals surface area contributed by atoms with Crippen LogP contribution in [0.1, 0.15) is 30.5 Å². The van der Waals surface area contributed by atoms with E-state index in [2.05, 4.69) is 0 Å². The van der Waals surface area contributed by atoms with Crippen molar-refractivity contribution in [3.05, 3.63) is 0 Å². The molecular weight excluding hydrogens is 183 g/mol. The molecule has 0 fully saturated rings. The Morgan fingerprint density at radius 1 is 1.17 bits per heavy atom. The summed E-state index contributed by atoms with van der Waals surface area (Å²) in [6, 6.07) is 0. The topological polar surface area (TPSA) is 37.3 Å². The maximum absolute atomic E-state index is 11.4. The van der Waals surface area contributed by atoms with E-state index in [4.69, 9.17) is 0 Å². The number of hydrogen-bond donors (Lipinski definition) is 1. The second kappa shape index (κ2) is 6.42. The molecule has 0 atom stereocenters. The summed E-state index contributed by atoms with van der Waals surface area (Å²) in [5.74, 6) is 0.647. The largest absolute Gasteiger partial charge is 2.00 e. The van der Waals surface area contributed by atoms with Gasteiger partial charge < -0.3 is 7.75 Å². The van der Waals surface area contributed by atoms with Gasteiger partial charge in [0.15, 0.2) is 0 Å². The normalized spacial score (nSPS) is 11.9. The minimum absolute atomic E-state index is 0. The Balaban J connectivity index is -0.000000167. The third kappa shape index (κ3) is 9.05. The molecule has 72 valence electrons. The van der Waals surface area contributed by atoms with E-state index in [-0.39, 0.29) is 25.9 Å². The Kier molecular flexibility index (Phi) is 8.25. The van der Waals surface area contributed by atoms with Gasteiger partial charge in [-0.15, -0.1) is 0 Å².